The summed E-state index contributed by atoms with van der Waals surface area (Å²) in [6.07, 6.45) is 1.61. The van der Waals surface area contributed by atoms with Gasteiger partial charge in [-0.1, -0.05) is 0 Å². The van der Waals surface area contributed by atoms with E-state index in [9.17, 15) is 4.79 Å². The van der Waals surface area contributed by atoms with Gasteiger partial charge in [-0.2, -0.15) is 0 Å². The summed E-state index contributed by atoms with van der Waals surface area (Å²) in [5.41, 5.74) is 0.576. The minimum atomic E-state index is -0.195. The quantitative estimate of drug-likeness (QED) is 0.803. The standard InChI is InChI=1S/C12H17N3O3/c1-13-10-7-18-6-8(10)11(16)15-9-4-3-5-14-12(9)17-2/h3-5,8,10,13H,6-7H2,1-2H3,(H,15,16). The van der Waals surface area contributed by atoms with Gasteiger partial charge < -0.3 is 20.1 Å². The molecule has 2 unspecified atom stereocenters. The predicted octanol–water partition coefficient (Wildman–Crippen LogP) is 0.263. The highest BCUT2D eigenvalue weighted by atomic mass is 16.5. The van der Waals surface area contributed by atoms with Crippen molar-refractivity contribution in [1.82, 2.24) is 10.3 Å². The summed E-state index contributed by atoms with van der Waals surface area (Å²) < 4.78 is 10.4. The van der Waals surface area contributed by atoms with Crippen LogP contribution < -0.4 is 15.4 Å². The van der Waals surface area contributed by atoms with E-state index < -0.39 is 0 Å². The Labute approximate surface area is 106 Å². The highest BCUT2D eigenvalue weighted by Crippen LogP contribution is 2.22. The summed E-state index contributed by atoms with van der Waals surface area (Å²) in [5.74, 6) is 0.129. The smallest absolute Gasteiger partial charge is 0.237 e. The first-order chi connectivity index (χ1) is 8.76. The second-order valence-electron chi connectivity index (χ2n) is 4.09. The van der Waals surface area contributed by atoms with Crippen LogP contribution in [0.4, 0.5) is 5.69 Å². The van der Waals surface area contributed by atoms with E-state index in [0.717, 1.165) is 0 Å². The summed E-state index contributed by atoms with van der Waals surface area (Å²) in [5, 5.41) is 5.90. The van der Waals surface area contributed by atoms with E-state index in [2.05, 4.69) is 15.6 Å². The van der Waals surface area contributed by atoms with Crippen molar-refractivity contribution in [1.29, 1.82) is 0 Å². The Hall–Kier alpha value is -1.66. The minimum absolute atomic E-state index is 0.0488. The van der Waals surface area contributed by atoms with E-state index in [0.29, 0.717) is 24.8 Å². The maximum atomic E-state index is 12.1. The van der Waals surface area contributed by atoms with Crippen LogP contribution in [-0.4, -0.2) is 44.3 Å². The Morgan fingerprint density at radius 1 is 1.56 bits per heavy atom. The van der Waals surface area contributed by atoms with Crippen LogP contribution in [0.2, 0.25) is 0 Å². The first kappa shape index (κ1) is 12.8. The number of hydrogen-bond acceptors (Lipinski definition) is 5. The maximum absolute atomic E-state index is 12.1. The van der Waals surface area contributed by atoms with Gasteiger partial charge in [0.25, 0.3) is 0 Å². The molecule has 2 heterocycles. The Bertz CT molecular complexity index is 425. The zero-order valence-electron chi connectivity index (χ0n) is 10.5. The SMILES string of the molecule is CNC1COCC1C(=O)Nc1cccnc1OC. The number of nitrogens with zero attached hydrogens (tertiary/aromatic N) is 1. The molecule has 1 aliphatic heterocycles. The van der Waals surface area contributed by atoms with E-state index in [1.807, 2.05) is 7.05 Å². The molecule has 0 aliphatic carbocycles. The Morgan fingerprint density at radius 3 is 3.11 bits per heavy atom. The van der Waals surface area contributed by atoms with E-state index in [1.54, 1.807) is 18.3 Å². The van der Waals surface area contributed by atoms with Crippen LogP contribution in [0.1, 0.15) is 0 Å². The van der Waals surface area contributed by atoms with Crippen molar-refractivity contribution in [3.63, 3.8) is 0 Å². The third-order valence-corrected chi connectivity index (χ3v) is 3.01. The molecule has 1 aromatic heterocycles. The zero-order valence-corrected chi connectivity index (χ0v) is 10.5. The molecule has 0 radical (unpaired) electrons. The predicted molar refractivity (Wildman–Crippen MR) is 66.6 cm³/mol. The van der Waals surface area contributed by atoms with Crippen molar-refractivity contribution in [2.45, 2.75) is 6.04 Å². The number of aromatic nitrogens is 1. The first-order valence-electron chi connectivity index (χ1n) is 5.81. The molecule has 1 fully saturated rings. The van der Waals surface area contributed by atoms with E-state index in [4.69, 9.17) is 9.47 Å². The zero-order chi connectivity index (χ0) is 13.0. The summed E-state index contributed by atoms with van der Waals surface area (Å²) in [7, 11) is 3.34. The van der Waals surface area contributed by atoms with Gasteiger partial charge in [0.15, 0.2) is 0 Å². The van der Waals surface area contributed by atoms with Crippen molar-refractivity contribution in [3.05, 3.63) is 18.3 Å². The number of amides is 1. The van der Waals surface area contributed by atoms with Gasteiger partial charge in [0.2, 0.25) is 11.8 Å². The van der Waals surface area contributed by atoms with Crippen molar-refractivity contribution in [2.75, 3.05) is 32.7 Å². The Morgan fingerprint density at radius 2 is 2.39 bits per heavy atom. The van der Waals surface area contributed by atoms with Crippen molar-refractivity contribution in [3.8, 4) is 5.88 Å². The van der Waals surface area contributed by atoms with Gasteiger partial charge >= 0.3 is 0 Å². The molecule has 0 aromatic carbocycles. The van der Waals surface area contributed by atoms with Gasteiger partial charge in [0.1, 0.15) is 5.69 Å². The summed E-state index contributed by atoms with van der Waals surface area (Å²) in [6.45, 7) is 0.985. The number of carbonyl (C=O) groups excluding carboxylic acids is 1. The lowest BCUT2D eigenvalue weighted by Gasteiger charge is -2.17. The van der Waals surface area contributed by atoms with Crippen LogP contribution in [0, 0.1) is 5.92 Å². The van der Waals surface area contributed by atoms with Gasteiger partial charge in [-0.25, -0.2) is 4.98 Å². The lowest BCUT2D eigenvalue weighted by Crippen LogP contribution is -2.39. The van der Waals surface area contributed by atoms with E-state index in [-0.39, 0.29) is 17.9 Å². The van der Waals surface area contributed by atoms with Crippen LogP contribution in [0.15, 0.2) is 18.3 Å². The van der Waals surface area contributed by atoms with Crippen LogP contribution in [-0.2, 0) is 9.53 Å². The average Bonchev–Trinajstić information content (AvgIpc) is 2.87. The molecule has 0 bridgehead atoms. The molecule has 1 saturated heterocycles. The topological polar surface area (TPSA) is 72.5 Å². The fourth-order valence-electron chi connectivity index (χ4n) is 1.97. The van der Waals surface area contributed by atoms with Gasteiger partial charge in [-0.15, -0.1) is 0 Å². The molecule has 98 valence electrons. The highest BCUT2D eigenvalue weighted by Gasteiger charge is 2.33. The molecule has 18 heavy (non-hydrogen) atoms. The average molecular weight is 251 g/mol. The summed E-state index contributed by atoms with van der Waals surface area (Å²) >= 11 is 0. The fourth-order valence-corrected chi connectivity index (χ4v) is 1.97. The molecule has 6 nitrogen and oxygen atoms in total. The lowest BCUT2D eigenvalue weighted by molar-refractivity contribution is -0.120. The van der Waals surface area contributed by atoms with Crippen LogP contribution in [0.25, 0.3) is 0 Å². The molecule has 2 atom stereocenters. The van der Waals surface area contributed by atoms with Gasteiger partial charge in [0.05, 0.1) is 26.2 Å². The van der Waals surface area contributed by atoms with Crippen molar-refractivity contribution in [2.24, 2.45) is 5.92 Å². The van der Waals surface area contributed by atoms with Crippen molar-refractivity contribution >= 4 is 11.6 Å². The molecule has 1 aliphatic rings. The molecular weight excluding hydrogens is 234 g/mol. The van der Waals surface area contributed by atoms with E-state index >= 15 is 0 Å². The van der Waals surface area contributed by atoms with Crippen molar-refractivity contribution < 1.29 is 14.3 Å². The second-order valence-corrected chi connectivity index (χ2v) is 4.09. The fraction of sp³-hybridized carbons (Fsp3) is 0.500. The third kappa shape index (κ3) is 2.60. The van der Waals surface area contributed by atoms with Crippen LogP contribution in [0.5, 0.6) is 5.88 Å². The minimum Gasteiger partial charge on any atom is -0.480 e. The number of methoxy groups -OCH3 is 1. The number of anilines is 1. The molecule has 0 spiro atoms. The molecular formula is C12H17N3O3. The molecule has 0 saturated carbocycles. The number of pyridine rings is 1. The Kier molecular flexibility index (Phi) is 4.11. The molecule has 2 rings (SSSR count). The van der Waals surface area contributed by atoms with Crippen LogP contribution >= 0.6 is 0 Å². The monoisotopic (exact) mass is 251 g/mol. The maximum Gasteiger partial charge on any atom is 0.237 e. The highest BCUT2D eigenvalue weighted by molar-refractivity contribution is 5.94. The number of ether oxygens (including phenoxy) is 2. The summed E-state index contributed by atoms with van der Waals surface area (Å²) in [4.78, 5) is 16.2. The number of likely N-dealkylation sites (N-methyl/N-ethyl adjacent to an activating group) is 1. The molecule has 6 heteroatoms. The van der Waals surface area contributed by atoms with Gasteiger partial charge in [-0.05, 0) is 19.2 Å². The normalized spacial score (nSPS) is 22.8. The molecule has 1 amide bonds. The third-order valence-electron chi connectivity index (χ3n) is 3.01. The molecule has 1 aromatic rings. The number of nitrogens with one attached hydrogen (secondary N) is 2. The number of hydrogen-bond donors (Lipinski definition) is 2. The van der Waals surface area contributed by atoms with Crippen LogP contribution in [0.3, 0.4) is 0 Å². The first-order valence-corrected chi connectivity index (χ1v) is 5.81. The lowest BCUT2D eigenvalue weighted by atomic mass is 10.0. The van der Waals surface area contributed by atoms with E-state index in [1.165, 1.54) is 7.11 Å². The summed E-state index contributed by atoms with van der Waals surface area (Å²) in [6, 6.07) is 3.56. The largest absolute Gasteiger partial charge is 0.480 e. The molecule has 2 N–H and O–H groups in total. The Balaban J connectivity index is 2.07. The van der Waals surface area contributed by atoms with Gasteiger partial charge in [0, 0.05) is 12.2 Å². The van der Waals surface area contributed by atoms with Gasteiger partial charge in [-0.3, -0.25) is 4.79 Å². The number of carbonyl (C=O) groups is 1. The second kappa shape index (κ2) is 5.79. The number of rotatable bonds is 4.